The zero-order chi connectivity index (χ0) is 19.0. The van der Waals surface area contributed by atoms with Gasteiger partial charge in [0.1, 0.15) is 11.6 Å². The molecule has 5 nitrogen and oxygen atoms in total. The highest BCUT2D eigenvalue weighted by molar-refractivity contribution is 5.20. The van der Waals surface area contributed by atoms with E-state index in [1.807, 2.05) is 36.5 Å². The molecule has 1 fully saturated rings. The fourth-order valence-electron chi connectivity index (χ4n) is 3.77. The molecule has 1 aliphatic heterocycles. The first-order valence-electron chi connectivity index (χ1n) is 10.3. The number of rotatable bonds is 10. The van der Waals surface area contributed by atoms with Gasteiger partial charge in [0.25, 0.3) is 0 Å². The van der Waals surface area contributed by atoms with E-state index in [-0.39, 0.29) is 12.0 Å². The molecule has 5 heteroatoms. The van der Waals surface area contributed by atoms with Gasteiger partial charge in [-0.25, -0.2) is 4.98 Å². The van der Waals surface area contributed by atoms with E-state index in [1.165, 1.54) is 18.5 Å². The number of para-hydroxylation sites is 1. The average Bonchev–Trinajstić information content (AvgIpc) is 3.16. The Morgan fingerprint density at radius 3 is 2.70 bits per heavy atom. The van der Waals surface area contributed by atoms with Crippen molar-refractivity contribution in [1.29, 1.82) is 0 Å². The fraction of sp³-hybridized carbons (Fsp3) is 0.591. The number of aliphatic hydroxyl groups excluding tert-OH is 1. The van der Waals surface area contributed by atoms with Crippen molar-refractivity contribution in [3.05, 3.63) is 48.0 Å². The van der Waals surface area contributed by atoms with Crippen LogP contribution in [0, 0.1) is 5.41 Å². The number of ether oxygens (including phenoxy) is 1. The number of unbranched alkanes of at least 4 members (excludes halogenated alkanes) is 1. The third-order valence-corrected chi connectivity index (χ3v) is 5.74. The van der Waals surface area contributed by atoms with Gasteiger partial charge < -0.3 is 14.8 Å². The Balaban J connectivity index is 1.43. The number of hydrogen-bond donors (Lipinski definition) is 2. The Morgan fingerprint density at radius 2 is 2.00 bits per heavy atom. The molecule has 0 bridgehead atoms. The predicted molar refractivity (Wildman–Crippen MR) is 108 cm³/mol. The first kappa shape index (κ1) is 19.9. The van der Waals surface area contributed by atoms with E-state index in [9.17, 15) is 5.11 Å². The highest BCUT2D eigenvalue weighted by Gasteiger charge is 2.34. The molecule has 1 aromatic carbocycles. The van der Waals surface area contributed by atoms with Crippen molar-refractivity contribution in [2.24, 2.45) is 5.41 Å². The van der Waals surface area contributed by atoms with Gasteiger partial charge in [-0.15, -0.1) is 0 Å². The first-order chi connectivity index (χ1) is 13.2. The highest BCUT2D eigenvalue weighted by Crippen LogP contribution is 2.35. The molecule has 0 aliphatic carbocycles. The number of piperidine rings is 1. The van der Waals surface area contributed by atoms with Gasteiger partial charge in [0, 0.05) is 31.5 Å². The van der Waals surface area contributed by atoms with Crippen LogP contribution in [0.2, 0.25) is 0 Å². The van der Waals surface area contributed by atoms with E-state index < -0.39 is 0 Å². The number of nitrogens with one attached hydrogen (secondary N) is 1. The van der Waals surface area contributed by atoms with Gasteiger partial charge in [0.2, 0.25) is 0 Å². The second-order valence-electron chi connectivity index (χ2n) is 7.80. The largest absolute Gasteiger partial charge is 0.494 e. The number of H-pyrrole nitrogens is 1. The van der Waals surface area contributed by atoms with Crippen LogP contribution in [0.3, 0.4) is 0 Å². The van der Waals surface area contributed by atoms with E-state index >= 15 is 0 Å². The summed E-state index contributed by atoms with van der Waals surface area (Å²) in [5, 5.41) is 10.0. The van der Waals surface area contributed by atoms with Gasteiger partial charge in [0.05, 0.1) is 6.61 Å². The van der Waals surface area contributed by atoms with Crippen LogP contribution in [0.5, 0.6) is 5.75 Å². The quantitative estimate of drug-likeness (QED) is 0.667. The van der Waals surface area contributed by atoms with Crippen LogP contribution in [0.1, 0.15) is 50.5 Å². The first-order valence-corrected chi connectivity index (χ1v) is 10.3. The van der Waals surface area contributed by atoms with Crippen LogP contribution in [-0.4, -0.2) is 46.3 Å². The van der Waals surface area contributed by atoms with Crippen LogP contribution >= 0.6 is 0 Å². The number of aromatic amines is 1. The van der Waals surface area contributed by atoms with Gasteiger partial charge in [0.15, 0.2) is 0 Å². The molecule has 27 heavy (non-hydrogen) atoms. The topological polar surface area (TPSA) is 61.4 Å². The predicted octanol–water partition coefficient (Wildman–Crippen LogP) is 3.80. The number of aliphatic hydroxyl groups is 1. The number of nitrogens with zero attached hydrogens (tertiary/aromatic N) is 2. The number of aromatic nitrogens is 2. The van der Waals surface area contributed by atoms with Gasteiger partial charge in [-0.05, 0) is 56.3 Å². The van der Waals surface area contributed by atoms with Crippen molar-refractivity contribution in [1.82, 2.24) is 14.9 Å². The number of likely N-dealkylation sites (tertiary alicyclic amines) is 1. The molecule has 0 saturated carbocycles. The van der Waals surface area contributed by atoms with Gasteiger partial charge in [-0.2, -0.15) is 0 Å². The number of benzene rings is 1. The third-order valence-electron chi connectivity index (χ3n) is 5.74. The van der Waals surface area contributed by atoms with Crippen molar-refractivity contribution in [3.63, 3.8) is 0 Å². The zero-order valence-electron chi connectivity index (χ0n) is 16.5. The number of aryl methyl sites for hydroxylation is 1. The van der Waals surface area contributed by atoms with Gasteiger partial charge >= 0.3 is 0 Å². The minimum absolute atomic E-state index is 0.00838. The molecule has 2 heterocycles. The standard InChI is InChI=1S/C22H33N3O2/c1-2-3-9-21-23-16-19(24-21)17-25-13-10-22(18-26,11-14-25)12-15-27-20-7-5-4-6-8-20/h4-8,16,26H,2-3,9-15,17-18H2,1H3,(H,23,24). The molecule has 2 N–H and O–H groups in total. The van der Waals surface area contributed by atoms with E-state index in [2.05, 4.69) is 21.8 Å². The summed E-state index contributed by atoms with van der Waals surface area (Å²) in [6.45, 7) is 6.04. The summed E-state index contributed by atoms with van der Waals surface area (Å²) in [4.78, 5) is 10.4. The van der Waals surface area contributed by atoms with Crippen molar-refractivity contribution < 1.29 is 9.84 Å². The molecule has 2 aromatic rings. The lowest BCUT2D eigenvalue weighted by molar-refractivity contribution is 0.0240. The molecule has 0 spiro atoms. The van der Waals surface area contributed by atoms with E-state index in [1.54, 1.807) is 0 Å². The summed E-state index contributed by atoms with van der Waals surface area (Å²) in [7, 11) is 0. The Morgan fingerprint density at radius 1 is 1.22 bits per heavy atom. The summed E-state index contributed by atoms with van der Waals surface area (Å²) < 4.78 is 5.86. The average molecular weight is 372 g/mol. The van der Waals surface area contributed by atoms with Crippen LogP contribution < -0.4 is 4.74 Å². The maximum absolute atomic E-state index is 10.0. The smallest absolute Gasteiger partial charge is 0.119 e. The van der Waals surface area contributed by atoms with Crippen molar-refractivity contribution >= 4 is 0 Å². The Labute approximate surface area is 162 Å². The molecular weight excluding hydrogens is 338 g/mol. The molecule has 0 atom stereocenters. The SMILES string of the molecule is CCCCc1ncc(CN2CCC(CO)(CCOc3ccccc3)CC2)[nH]1. The molecule has 0 unspecified atom stereocenters. The van der Waals surface area contributed by atoms with Crippen LogP contribution in [0.25, 0.3) is 0 Å². The number of hydrogen-bond acceptors (Lipinski definition) is 4. The lowest BCUT2D eigenvalue weighted by atomic mass is 9.76. The Hall–Kier alpha value is -1.85. The van der Waals surface area contributed by atoms with Crippen LogP contribution in [-0.2, 0) is 13.0 Å². The summed E-state index contributed by atoms with van der Waals surface area (Å²) >= 11 is 0. The van der Waals surface area contributed by atoms with E-state index in [0.29, 0.717) is 6.61 Å². The van der Waals surface area contributed by atoms with Crippen molar-refractivity contribution in [2.75, 3.05) is 26.3 Å². The third kappa shape index (κ3) is 5.81. The summed E-state index contributed by atoms with van der Waals surface area (Å²) in [6, 6.07) is 9.92. The van der Waals surface area contributed by atoms with E-state index in [4.69, 9.17) is 4.74 Å². The summed E-state index contributed by atoms with van der Waals surface area (Å²) in [6.07, 6.45) is 8.31. The minimum Gasteiger partial charge on any atom is -0.494 e. The Bertz CT molecular complexity index is 663. The number of imidazole rings is 1. The lowest BCUT2D eigenvalue weighted by Crippen LogP contribution is -2.42. The minimum atomic E-state index is -0.00838. The highest BCUT2D eigenvalue weighted by atomic mass is 16.5. The van der Waals surface area contributed by atoms with E-state index in [0.717, 1.165) is 56.9 Å². The fourth-order valence-corrected chi connectivity index (χ4v) is 3.77. The zero-order valence-corrected chi connectivity index (χ0v) is 16.5. The molecular formula is C22H33N3O2. The van der Waals surface area contributed by atoms with Gasteiger partial charge in [-0.1, -0.05) is 31.5 Å². The van der Waals surface area contributed by atoms with Crippen LogP contribution in [0.15, 0.2) is 36.5 Å². The molecule has 0 amide bonds. The van der Waals surface area contributed by atoms with Crippen LogP contribution in [0.4, 0.5) is 0 Å². The molecule has 0 radical (unpaired) electrons. The summed E-state index contributed by atoms with van der Waals surface area (Å²) in [5.74, 6) is 2.01. The molecule has 3 rings (SSSR count). The summed E-state index contributed by atoms with van der Waals surface area (Å²) in [5.41, 5.74) is 1.19. The maximum atomic E-state index is 10.0. The maximum Gasteiger partial charge on any atom is 0.119 e. The second-order valence-corrected chi connectivity index (χ2v) is 7.80. The Kier molecular flexibility index (Phi) is 7.30. The lowest BCUT2D eigenvalue weighted by Gasteiger charge is -2.40. The molecule has 1 saturated heterocycles. The molecule has 148 valence electrons. The molecule has 1 aromatic heterocycles. The van der Waals surface area contributed by atoms with Gasteiger partial charge in [-0.3, -0.25) is 4.90 Å². The molecule has 1 aliphatic rings. The van der Waals surface area contributed by atoms with Crippen molar-refractivity contribution in [2.45, 2.75) is 52.0 Å². The monoisotopic (exact) mass is 371 g/mol. The second kappa shape index (κ2) is 9.90. The normalized spacial score (nSPS) is 17.1. The van der Waals surface area contributed by atoms with Crippen molar-refractivity contribution in [3.8, 4) is 5.75 Å².